The normalized spacial score (nSPS) is 19.8. The van der Waals surface area contributed by atoms with Gasteiger partial charge in [-0.05, 0) is 43.9 Å². The highest BCUT2D eigenvalue weighted by Crippen LogP contribution is 2.34. The Hall–Kier alpha value is -2.70. The van der Waals surface area contributed by atoms with Crippen LogP contribution in [0.1, 0.15) is 70.5 Å². The average Bonchev–Trinajstić information content (AvgIpc) is 3.22. The lowest BCUT2D eigenvalue weighted by Gasteiger charge is -2.25. The third kappa shape index (κ3) is 2.87. The van der Waals surface area contributed by atoms with Crippen LogP contribution in [-0.2, 0) is 13.0 Å². The van der Waals surface area contributed by atoms with Gasteiger partial charge in [-0.15, -0.1) is 10.2 Å². The lowest BCUT2D eigenvalue weighted by Crippen LogP contribution is -2.32. The number of carbonyl (C=O) groups excluding carboxylic acids is 2. The summed E-state index contributed by atoms with van der Waals surface area (Å²) in [7, 11) is 0. The van der Waals surface area contributed by atoms with Gasteiger partial charge in [0.15, 0.2) is 12.1 Å². The van der Waals surface area contributed by atoms with Crippen LogP contribution in [0.4, 0.5) is 0 Å². The molecule has 1 atom stereocenters. The number of hydrogen-bond donors (Lipinski definition) is 1. The van der Waals surface area contributed by atoms with Gasteiger partial charge in [-0.3, -0.25) is 9.59 Å². The van der Waals surface area contributed by atoms with Crippen LogP contribution in [0.5, 0.6) is 5.75 Å². The van der Waals surface area contributed by atoms with Gasteiger partial charge < -0.3 is 14.6 Å². The molecular formula is C19H22N4O3. The molecule has 2 aliphatic heterocycles. The molecule has 0 saturated carbocycles. The molecule has 3 heterocycles. The molecule has 1 N–H and O–H groups in total. The summed E-state index contributed by atoms with van der Waals surface area (Å²) in [6.07, 6.45) is 6.71. The third-order valence-corrected chi connectivity index (χ3v) is 5.35. The van der Waals surface area contributed by atoms with E-state index >= 15 is 0 Å². The van der Waals surface area contributed by atoms with Crippen molar-refractivity contribution in [1.29, 1.82) is 0 Å². The summed E-state index contributed by atoms with van der Waals surface area (Å²) < 4.78 is 2.19. The molecule has 1 aromatic carbocycles. The van der Waals surface area contributed by atoms with Crippen molar-refractivity contribution in [3.05, 3.63) is 41.0 Å². The maximum absolute atomic E-state index is 13.0. The molecule has 1 saturated heterocycles. The SMILES string of the molecule is O=Cc1cc(C(=O)N2CCCC2c2nnc3n2CCCCC3)ccc1O. The van der Waals surface area contributed by atoms with E-state index in [4.69, 9.17) is 0 Å². The van der Waals surface area contributed by atoms with E-state index in [-0.39, 0.29) is 23.3 Å². The first kappa shape index (κ1) is 16.8. The molecule has 0 aliphatic carbocycles. The molecule has 4 rings (SSSR count). The van der Waals surface area contributed by atoms with Gasteiger partial charge in [-0.1, -0.05) is 6.42 Å². The maximum atomic E-state index is 13.0. The number of hydrogen-bond acceptors (Lipinski definition) is 5. The van der Waals surface area contributed by atoms with Crippen LogP contribution >= 0.6 is 0 Å². The number of aromatic nitrogens is 3. The van der Waals surface area contributed by atoms with Gasteiger partial charge in [0.1, 0.15) is 11.6 Å². The molecule has 7 nitrogen and oxygen atoms in total. The average molecular weight is 354 g/mol. The number of rotatable bonds is 3. The molecule has 1 unspecified atom stereocenters. The summed E-state index contributed by atoms with van der Waals surface area (Å²) in [6, 6.07) is 4.32. The summed E-state index contributed by atoms with van der Waals surface area (Å²) in [5.41, 5.74) is 0.537. The van der Waals surface area contributed by atoms with E-state index in [9.17, 15) is 14.7 Å². The molecule has 0 spiro atoms. The fourth-order valence-corrected chi connectivity index (χ4v) is 3.98. The van der Waals surface area contributed by atoms with Crippen molar-refractivity contribution in [2.24, 2.45) is 0 Å². The summed E-state index contributed by atoms with van der Waals surface area (Å²) in [5, 5.41) is 18.4. The van der Waals surface area contributed by atoms with Gasteiger partial charge in [0.2, 0.25) is 0 Å². The lowest BCUT2D eigenvalue weighted by molar-refractivity contribution is 0.0727. The van der Waals surface area contributed by atoms with Gasteiger partial charge in [0.05, 0.1) is 11.6 Å². The summed E-state index contributed by atoms with van der Waals surface area (Å²) in [5.74, 6) is 1.64. The van der Waals surface area contributed by atoms with E-state index in [2.05, 4.69) is 14.8 Å². The molecule has 1 amide bonds. The second-order valence-electron chi connectivity index (χ2n) is 6.98. The number of phenols is 1. The quantitative estimate of drug-likeness (QED) is 0.856. The number of benzene rings is 1. The molecule has 26 heavy (non-hydrogen) atoms. The Morgan fingerprint density at radius 2 is 2.04 bits per heavy atom. The second-order valence-corrected chi connectivity index (χ2v) is 6.98. The Balaban J connectivity index is 1.64. The third-order valence-electron chi connectivity index (χ3n) is 5.35. The predicted molar refractivity (Wildman–Crippen MR) is 94.1 cm³/mol. The van der Waals surface area contributed by atoms with E-state index < -0.39 is 0 Å². The minimum absolute atomic E-state index is 0.0877. The molecule has 136 valence electrons. The standard InChI is InChI=1S/C19H22N4O3/c24-12-14-11-13(7-8-16(14)25)19(26)22-10-4-5-15(22)18-21-20-17-6-2-1-3-9-23(17)18/h7-8,11-12,15,25H,1-6,9-10H2. The van der Waals surface area contributed by atoms with Crippen molar-refractivity contribution in [1.82, 2.24) is 19.7 Å². The zero-order valence-electron chi connectivity index (χ0n) is 14.6. The number of aryl methyl sites for hydroxylation is 1. The monoisotopic (exact) mass is 354 g/mol. The Bertz CT molecular complexity index is 845. The van der Waals surface area contributed by atoms with Gasteiger partial charge in [-0.2, -0.15) is 0 Å². The largest absolute Gasteiger partial charge is 0.507 e. The zero-order valence-corrected chi connectivity index (χ0v) is 14.6. The topological polar surface area (TPSA) is 88.3 Å². The molecular weight excluding hydrogens is 332 g/mol. The Morgan fingerprint density at radius 1 is 1.15 bits per heavy atom. The van der Waals surface area contributed by atoms with E-state index in [0.29, 0.717) is 18.4 Å². The van der Waals surface area contributed by atoms with Crippen molar-refractivity contribution in [3.8, 4) is 5.75 Å². The van der Waals surface area contributed by atoms with Crippen molar-refractivity contribution in [2.45, 2.75) is 51.1 Å². The smallest absolute Gasteiger partial charge is 0.254 e. The molecule has 1 aromatic heterocycles. The van der Waals surface area contributed by atoms with Gasteiger partial charge >= 0.3 is 0 Å². The van der Waals surface area contributed by atoms with Crippen LogP contribution in [0, 0.1) is 0 Å². The van der Waals surface area contributed by atoms with Crippen molar-refractivity contribution in [3.63, 3.8) is 0 Å². The summed E-state index contributed by atoms with van der Waals surface area (Å²) in [4.78, 5) is 25.9. The fourth-order valence-electron chi connectivity index (χ4n) is 3.98. The van der Waals surface area contributed by atoms with E-state index in [1.807, 2.05) is 4.90 Å². The van der Waals surface area contributed by atoms with Crippen molar-refractivity contribution < 1.29 is 14.7 Å². The highest BCUT2D eigenvalue weighted by molar-refractivity contribution is 5.96. The van der Waals surface area contributed by atoms with Crippen molar-refractivity contribution >= 4 is 12.2 Å². The number of nitrogens with zero attached hydrogens (tertiary/aromatic N) is 4. The first-order chi connectivity index (χ1) is 12.7. The van der Waals surface area contributed by atoms with Gasteiger partial charge in [-0.25, -0.2) is 0 Å². The molecule has 0 bridgehead atoms. The van der Waals surface area contributed by atoms with Gasteiger partial charge in [0.25, 0.3) is 5.91 Å². The lowest BCUT2D eigenvalue weighted by atomic mass is 10.1. The molecule has 1 fully saturated rings. The molecule has 2 aromatic rings. The molecule has 2 aliphatic rings. The van der Waals surface area contributed by atoms with Gasteiger partial charge in [0, 0.05) is 25.1 Å². The molecule has 7 heteroatoms. The Morgan fingerprint density at radius 3 is 2.88 bits per heavy atom. The number of likely N-dealkylation sites (tertiary alicyclic amines) is 1. The Labute approximate surface area is 151 Å². The highest BCUT2D eigenvalue weighted by Gasteiger charge is 2.35. The minimum atomic E-state index is -0.137. The van der Waals surface area contributed by atoms with Crippen LogP contribution < -0.4 is 0 Å². The van der Waals surface area contributed by atoms with Crippen LogP contribution in [0.3, 0.4) is 0 Å². The fraction of sp³-hybridized carbons (Fsp3) is 0.474. The van der Waals surface area contributed by atoms with E-state index in [1.165, 1.54) is 18.6 Å². The first-order valence-electron chi connectivity index (χ1n) is 9.20. The number of amides is 1. The maximum Gasteiger partial charge on any atom is 0.254 e. The number of fused-ring (bicyclic) bond motifs is 1. The minimum Gasteiger partial charge on any atom is -0.507 e. The van der Waals surface area contributed by atoms with Crippen LogP contribution in [0.15, 0.2) is 18.2 Å². The number of aldehydes is 1. The summed E-state index contributed by atoms with van der Waals surface area (Å²) >= 11 is 0. The number of phenolic OH excluding ortho intramolecular Hbond substituents is 1. The molecule has 0 radical (unpaired) electrons. The van der Waals surface area contributed by atoms with E-state index in [0.717, 1.165) is 50.3 Å². The Kier molecular flexibility index (Phi) is 4.44. The van der Waals surface area contributed by atoms with E-state index in [1.54, 1.807) is 6.07 Å². The second kappa shape index (κ2) is 6.90. The van der Waals surface area contributed by atoms with Crippen molar-refractivity contribution in [2.75, 3.05) is 6.54 Å². The van der Waals surface area contributed by atoms with Crippen LogP contribution in [-0.4, -0.2) is 43.5 Å². The number of aromatic hydroxyl groups is 1. The summed E-state index contributed by atoms with van der Waals surface area (Å²) in [6.45, 7) is 1.56. The number of carbonyl (C=O) groups is 2. The van der Waals surface area contributed by atoms with Crippen LogP contribution in [0.2, 0.25) is 0 Å². The zero-order chi connectivity index (χ0) is 18.1. The highest BCUT2D eigenvalue weighted by atomic mass is 16.3. The van der Waals surface area contributed by atoms with Crippen LogP contribution in [0.25, 0.3) is 0 Å². The first-order valence-corrected chi connectivity index (χ1v) is 9.20. The predicted octanol–water partition coefficient (Wildman–Crippen LogP) is 2.50.